The lowest BCUT2D eigenvalue weighted by atomic mass is 9.95. The van der Waals surface area contributed by atoms with Gasteiger partial charge in [0.1, 0.15) is 6.61 Å². The highest BCUT2D eigenvalue weighted by Gasteiger charge is 2.17. The molecule has 0 aliphatic carbocycles. The van der Waals surface area contributed by atoms with E-state index in [2.05, 4.69) is 4.90 Å². The quantitative estimate of drug-likeness (QED) is 0.469. The van der Waals surface area contributed by atoms with Crippen molar-refractivity contribution in [1.82, 2.24) is 4.90 Å². The minimum Gasteiger partial charge on any atom is -0.499 e. The van der Waals surface area contributed by atoms with Gasteiger partial charge >= 0.3 is 5.97 Å². The fourth-order valence-corrected chi connectivity index (χ4v) is 3.84. The molecule has 2 aromatic carbocycles. The van der Waals surface area contributed by atoms with Crippen LogP contribution in [0.25, 0.3) is 5.57 Å². The fraction of sp³-hybridized carbons (Fsp3) is 0.261. The fourth-order valence-electron chi connectivity index (χ4n) is 3.33. The first kappa shape index (κ1) is 21.4. The van der Waals surface area contributed by atoms with Gasteiger partial charge in [-0.1, -0.05) is 59.6 Å². The molecule has 1 aliphatic heterocycles. The van der Waals surface area contributed by atoms with E-state index in [4.69, 9.17) is 33.0 Å². The molecule has 0 atom stereocenters. The second-order valence-electron chi connectivity index (χ2n) is 6.94. The zero-order valence-electron chi connectivity index (χ0n) is 16.2. The zero-order valence-corrected chi connectivity index (χ0v) is 17.7. The summed E-state index contributed by atoms with van der Waals surface area (Å²) in [5, 5.41) is 10.3. The molecule has 0 amide bonds. The maximum absolute atomic E-state index is 11.2. The van der Waals surface area contributed by atoms with Crippen LogP contribution in [0.15, 0.2) is 60.4 Å². The van der Waals surface area contributed by atoms with Crippen molar-refractivity contribution < 1.29 is 14.6 Å². The molecule has 0 saturated heterocycles. The number of hydrogen-bond acceptors (Lipinski definition) is 3. The highest BCUT2D eigenvalue weighted by atomic mass is 35.5. The van der Waals surface area contributed by atoms with Crippen LogP contribution < -0.4 is 0 Å². The predicted octanol–water partition coefficient (Wildman–Crippen LogP) is 5.42. The summed E-state index contributed by atoms with van der Waals surface area (Å²) in [5.41, 5.74) is 4.32. The van der Waals surface area contributed by atoms with Gasteiger partial charge in [-0.05, 0) is 36.6 Å². The third-order valence-corrected chi connectivity index (χ3v) is 5.44. The van der Waals surface area contributed by atoms with Crippen molar-refractivity contribution in [2.75, 3.05) is 26.2 Å². The lowest BCUT2D eigenvalue weighted by molar-refractivity contribution is -0.133. The van der Waals surface area contributed by atoms with Crippen molar-refractivity contribution in [2.24, 2.45) is 0 Å². The van der Waals surface area contributed by atoms with E-state index < -0.39 is 5.97 Å². The van der Waals surface area contributed by atoms with E-state index in [9.17, 15) is 4.79 Å². The molecular weight excluding hydrogens is 409 g/mol. The summed E-state index contributed by atoms with van der Waals surface area (Å²) >= 11 is 12.5. The highest BCUT2D eigenvalue weighted by Crippen LogP contribution is 2.32. The van der Waals surface area contributed by atoms with Crippen LogP contribution in [0.5, 0.6) is 0 Å². The molecule has 6 heteroatoms. The van der Waals surface area contributed by atoms with Crippen molar-refractivity contribution in [3.05, 3.63) is 87.1 Å². The van der Waals surface area contributed by atoms with Crippen LogP contribution in [0, 0.1) is 6.92 Å². The van der Waals surface area contributed by atoms with Crippen LogP contribution in [0.2, 0.25) is 10.0 Å². The maximum atomic E-state index is 11.2. The lowest BCUT2D eigenvalue weighted by Gasteiger charge is -2.25. The first-order valence-corrected chi connectivity index (χ1v) is 10.2. The van der Waals surface area contributed by atoms with Crippen molar-refractivity contribution >= 4 is 34.7 Å². The minimum atomic E-state index is -0.852. The summed E-state index contributed by atoms with van der Waals surface area (Å²) in [6.07, 6.45) is 4.26. The van der Waals surface area contributed by atoms with Gasteiger partial charge in [-0.3, -0.25) is 4.90 Å². The van der Waals surface area contributed by atoms with E-state index in [1.54, 1.807) is 18.4 Å². The first-order valence-electron chi connectivity index (χ1n) is 9.43. The average Bonchev–Trinajstić information content (AvgIpc) is 2.70. The van der Waals surface area contributed by atoms with Crippen LogP contribution in [-0.4, -0.2) is 42.2 Å². The summed E-state index contributed by atoms with van der Waals surface area (Å²) in [6.45, 7) is 4.41. The average molecular weight is 432 g/mol. The molecule has 1 aliphatic rings. The number of aryl methyl sites for hydroxylation is 1. The smallest absolute Gasteiger partial charge is 0.332 e. The van der Waals surface area contributed by atoms with Gasteiger partial charge in [0.15, 0.2) is 0 Å². The van der Waals surface area contributed by atoms with Gasteiger partial charge in [0.2, 0.25) is 0 Å². The van der Waals surface area contributed by atoms with E-state index in [0.717, 1.165) is 35.2 Å². The number of ether oxygens (including phenoxy) is 1. The molecule has 2 aromatic rings. The Bertz CT molecular complexity index is 953. The van der Waals surface area contributed by atoms with Gasteiger partial charge in [0.05, 0.1) is 11.3 Å². The Morgan fingerprint density at radius 1 is 1.21 bits per heavy atom. The lowest BCUT2D eigenvalue weighted by Crippen LogP contribution is -2.34. The Balaban J connectivity index is 1.75. The van der Waals surface area contributed by atoms with Gasteiger partial charge in [0.25, 0.3) is 0 Å². The molecule has 0 aromatic heterocycles. The minimum absolute atomic E-state index is 0.441. The second-order valence-corrected chi connectivity index (χ2v) is 7.78. The summed E-state index contributed by atoms with van der Waals surface area (Å²) < 4.78 is 5.88. The molecule has 0 bridgehead atoms. The van der Waals surface area contributed by atoms with Gasteiger partial charge in [-0.15, -0.1) is 0 Å². The highest BCUT2D eigenvalue weighted by molar-refractivity contribution is 6.35. The molecule has 1 heterocycles. The number of halogens is 2. The molecule has 0 fully saturated rings. The number of aliphatic carboxylic acids is 1. The standard InChI is InChI=1S/C23H23Cl2NO3/c1-16-5-2-3-7-19(16)21(20-9-8-18(24)13-22(20)25)15-29-12-11-26-10-4-6-17(14-26)23(27)28/h2-3,5-9,13,15H,4,10-12,14H2,1H3,(H,27,28). The van der Waals surface area contributed by atoms with Gasteiger partial charge < -0.3 is 9.84 Å². The largest absolute Gasteiger partial charge is 0.499 e. The summed E-state index contributed by atoms with van der Waals surface area (Å²) in [4.78, 5) is 13.2. The maximum Gasteiger partial charge on any atom is 0.332 e. The molecule has 29 heavy (non-hydrogen) atoms. The van der Waals surface area contributed by atoms with Crippen molar-refractivity contribution in [3.63, 3.8) is 0 Å². The molecule has 1 N–H and O–H groups in total. The summed E-state index contributed by atoms with van der Waals surface area (Å²) in [6, 6.07) is 13.5. The van der Waals surface area contributed by atoms with Crippen molar-refractivity contribution in [1.29, 1.82) is 0 Å². The Morgan fingerprint density at radius 2 is 2.00 bits per heavy atom. The van der Waals surface area contributed by atoms with Gasteiger partial charge in [-0.25, -0.2) is 4.79 Å². The number of rotatable bonds is 7. The van der Waals surface area contributed by atoms with E-state index in [1.807, 2.05) is 43.3 Å². The topological polar surface area (TPSA) is 49.8 Å². The monoisotopic (exact) mass is 431 g/mol. The van der Waals surface area contributed by atoms with Gasteiger partial charge in [0, 0.05) is 41.4 Å². The number of nitrogens with zero attached hydrogens (tertiary/aromatic N) is 1. The predicted molar refractivity (Wildman–Crippen MR) is 117 cm³/mol. The third-order valence-electron chi connectivity index (χ3n) is 4.89. The Labute approximate surface area is 181 Å². The molecule has 4 nitrogen and oxygen atoms in total. The summed E-state index contributed by atoms with van der Waals surface area (Å²) in [7, 11) is 0. The van der Waals surface area contributed by atoms with E-state index in [1.165, 1.54) is 0 Å². The molecule has 152 valence electrons. The number of hydrogen-bond donors (Lipinski definition) is 1. The zero-order chi connectivity index (χ0) is 20.8. The van der Waals surface area contributed by atoms with Crippen LogP contribution in [-0.2, 0) is 9.53 Å². The van der Waals surface area contributed by atoms with Crippen LogP contribution >= 0.6 is 23.2 Å². The number of benzene rings is 2. The summed E-state index contributed by atoms with van der Waals surface area (Å²) in [5.74, 6) is -0.852. The van der Waals surface area contributed by atoms with Crippen molar-refractivity contribution in [2.45, 2.75) is 13.3 Å². The van der Waals surface area contributed by atoms with E-state index in [-0.39, 0.29) is 0 Å². The third kappa shape index (κ3) is 5.63. The Kier molecular flexibility index (Phi) is 7.37. The number of carbonyl (C=O) groups is 1. The van der Waals surface area contributed by atoms with E-state index in [0.29, 0.717) is 35.3 Å². The molecule has 3 rings (SSSR count). The molecule has 0 spiro atoms. The molecular formula is C23H23Cl2NO3. The normalized spacial score (nSPS) is 15.1. The molecule has 0 saturated carbocycles. The second kappa shape index (κ2) is 9.97. The van der Waals surface area contributed by atoms with Crippen LogP contribution in [0.4, 0.5) is 0 Å². The molecule has 0 unspecified atom stereocenters. The van der Waals surface area contributed by atoms with E-state index >= 15 is 0 Å². The van der Waals surface area contributed by atoms with Crippen LogP contribution in [0.3, 0.4) is 0 Å². The number of carboxylic acids is 1. The Hall–Kier alpha value is -2.27. The molecule has 0 radical (unpaired) electrons. The Morgan fingerprint density at radius 3 is 2.72 bits per heavy atom. The first-order chi connectivity index (χ1) is 14.0. The van der Waals surface area contributed by atoms with Gasteiger partial charge in [-0.2, -0.15) is 0 Å². The SMILES string of the molecule is Cc1ccccc1C(=COCCN1CCC=C(C(=O)O)C1)c1ccc(Cl)cc1Cl. The van der Waals surface area contributed by atoms with Crippen LogP contribution in [0.1, 0.15) is 23.1 Å². The number of carboxylic acid groups (broad SMARTS) is 1. The van der Waals surface area contributed by atoms with Crippen molar-refractivity contribution in [3.8, 4) is 0 Å².